The Kier molecular flexibility index (Phi) is 8.24. The Morgan fingerprint density at radius 2 is 1.88 bits per heavy atom. The highest BCUT2D eigenvalue weighted by Gasteiger charge is 2.45. The number of nitrogens with zero attached hydrogens (tertiary/aromatic N) is 1. The van der Waals surface area contributed by atoms with Crippen molar-refractivity contribution in [3.63, 3.8) is 0 Å². The van der Waals surface area contributed by atoms with Gasteiger partial charge in [-0.1, -0.05) is 34.1 Å². The average molecular weight is 531 g/mol. The zero-order valence-electron chi connectivity index (χ0n) is 19.1. The van der Waals surface area contributed by atoms with E-state index in [2.05, 4.69) is 21.2 Å². The highest BCUT2D eigenvalue weighted by molar-refractivity contribution is 9.10. The van der Waals surface area contributed by atoms with Crippen LogP contribution in [-0.2, 0) is 16.0 Å². The summed E-state index contributed by atoms with van der Waals surface area (Å²) < 4.78 is 12.5. The second kappa shape index (κ2) is 11.3. The molecule has 0 aromatic heterocycles. The van der Waals surface area contributed by atoms with Crippen LogP contribution in [0.3, 0.4) is 0 Å². The van der Waals surface area contributed by atoms with Crippen molar-refractivity contribution in [2.45, 2.75) is 56.2 Å². The molecule has 0 saturated heterocycles. The molecule has 182 valence electrons. The molecule has 1 heterocycles. The number of aliphatic imine (C=N–C) groups is 1. The second-order valence-electron chi connectivity index (χ2n) is 8.93. The number of aliphatic hydroxyl groups excluding tert-OH is 2. The van der Waals surface area contributed by atoms with Crippen molar-refractivity contribution in [1.29, 1.82) is 0 Å². The summed E-state index contributed by atoms with van der Waals surface area (Å²) >= 11 is 3.60. The monoisotopic (exact) mass is 530 g/mol. The molecule has 1 amide bonds. The number of rotatable bonds is 9. The van der Waals surface area contributed by atoms with E-state index in [9.17, 15) is 9.90 Å². The van der Waals surface area contributed by atoms with E-state index in [-0.39, 0.29) is 31.3 Å². The molecule has 0 bridgehead atoms. The van der Waals surface area contributed by atoms with Gasteiger partial charge in [-0.2, -0.15) is 0 Å². The van der Waals surface area contributed by atoms with Crippen LogP contribution in [0, 0.1) is 0 Å². The molecule has 34 heavy (non-hydrogen) atoms. The molecule has 1 aliphatic heterocycles. The van der Waals surface area contributed by atoms with Crippen LogP contribution in [0.15, 0.2) is 58.0 Å². The Hall–Kier alpha value is -2.42. The van der Waals surface area contributed by atoms with Crippen LogP contribution in [-0.4, -0.2) is 59.5 Å². The van der Waals surface area contributed by atoms with Gasteiger partial charge in [0.2, 0.25) is 5.90 Å². The van der Waals surface area contributed by atoms with E-state index in [4.69, 9.17) is 19.6 Å². The number of carbonyl (C=O) groups excluding carboxylic acids is 1. The first kappa shape index (κ1) is 24.7. The quantitative estimate of drug-likeness (QED) is 0.431. The van der Waals surface area contributed by atoms with Crippen molar-refractivity contribution < 1.29 is 24.5 Å². The zero-order chi connectivity index (χ0) is 24.0. The predicted octanol–water partition coefficient (Wildman–Crippen LogP) is 3.39. The third-order valence-corrected chi connectivity index (χ3v) is 7.10. The molecule has 2 aromatic carbocycles. The minimum atomic E-state index is -1.08. The van der Waals surface area contributed by atoms with Crippen LogP contribution in [0.25, 0.3) is 0 Å². The number of halogens is 1. The number of ether oxygens (including phenoxy) is 2. The molecular formula is C26H31BrN2O5. The Morgan fingerprint density at radius 1 is 1.15 bits per heavy atom. The molecule has 0 radical (unpaired) electrons. The molecule has 7 nitrogen and oxygen atoms in total. The lowest BCUT2D eigenvalue weighted by Crippen LogP contribution is -2.52. The van der Waals surface area contributed by atoms with Crippen molar-refractivity contribution in [3.8, 4) is 5.75 Å². The molecule has 2 aromatic rings. The summed E-state index contributed by atoms with van der Waals surface area (Å²) in [7, 11) is 0. The number of carbonyl (C=O) groups is 1. The number of amides is 1. The lowest BCUT2D eigenvalue weighted by Gasteiger charge is -2.30. The average Bonchev–Trinajstić information content (AvgIpc) is 3.28. The van der Waals surface area contributed by atoms with Crippen molar-refractivity contribution >= 4 is 27.7 Å². The molecule has 1 atom stereocenters. The van der Waals surface area contributed by atoms with E-state index < -0.39 is 5.54 Å². The number of hydrogen-bond donors (Lipinski definition) is 3. The van der Waals surface area contributed by atoms with Crippen LogP contribution in [0.2, 0.25) is 0 Å². The van der Waals surface area contributed by atoms with Gasteiger partial charge < -0.3 is 25.0 Å². The first-order chi connectivity index (χ1) is 16.5. The van der Waals surface area contributed by atoms with Crippen LogP contribution < -0.4 is 10.1 Å². The van der Waals surface area contributed by atoms with Crippen molar-refractivity contribution in [2.75, 3.05) is 19.8 Å². The second-order valence-corrected chi connectivity index (χ2v) is 9.79. The fourth-order valence-corrected chi connectivity index (χ4v) is 4.75. The molecule has 2 aliphatic rings. The van der Waals surface area contributed by atoms with E-state index in [0.29, 0.717) is 43.9 Å². The molecule has 1 aliphatic carbocycles. The van der Waals surface area contributed by atoms with Crippen LogP contribution >= 0.6 is 15.9 Å². The van der Waals surface area contributed by atoms with E-state index in [0.717, 1.165) is 28.4 Å². The third-order valence-electron chi connectivity index (χ3n) is 6.33. The fraction of sp³-hybridized carbons (Fsp3) is 0.462. The van der Waals surface area contributed by atoms with E-state index in [1.54, 1.807) is 0 Å². The van der Waals surface area contributed by atoms with Gasteiger partial charge in [0.15, 0.2) is 5.54 Å². The largest absolute Gasteiger partial charge is 0.494 e. The summed E-state index contributed by atoms with van der Waals surface area (Å²) in [6.07, 6.45) is 3.60. The Bertz CT molecular complexity index is 1000. The van der Waals surface area contributed by atoms with Gasteiger partial charge in [-0.25, -0.2) is 4.99 Å². The van der Waals surface area contributed by atoms with Gasteiger partial charge >= 0.3 is 0 Å². The van der Waals surface area contributed by atoms with Crippen LogP contribution in [0.4, 0.5) is 0 Å². The fourth-order valence-electron chi connectivity index (χ4n) is 4.33. The SMILES string of the molecule is O=C(NC1CCC(O)CC1)[C@@]1(Cc2ccccc2Br)COC(c2ccc(OCCCO)cc2)=N1. The first-order valence-electron chi connectivity index (χ1n) is 11.8. The summed E-state index contributed by atoms with van der Waals surface area (Å²) in [5, 5.41) is 21.9. The Morgan fingerprint density at radius 3 is 2.59 bits per heavy atom. The van der Waals surface area contributed by atoms with E-state index in [1.165, 1.54) is 0 Å². The molecule has 3 N–H and O–H groups in total. The van der Waals surface area contributed by atoms with Crippen molar-refractivity contribution in [1.82, 2.24) is 5.32 Å². The zero-order valence-corrected chi connectivity index (χ0v) is 20.7. The van der Waals surface area contributed by atoms with Crippen molar-refractivity contribution in [2.24, 2.45) is 4.99 Å². The topological polar surface area (TPSA) is 100 Å². The molecule has 8 heteroatoms. The molecule has 4 rings (SSSR count). The van der Waals surface area contributed by atoms with Crippen LogP contribution in [0.1, 0.15) is 43.2 Å². The third kappa shape index (κ3) is 5.98. The summed E-state index contributed by atoms with van der Waals surface area (Å²) in [6.45, 7) is 0.687. The van der Waals surface area contributed by atoms with Gasteiger partial charge in [0.25, 0.3) is 5.91 Å². The van der Waals surface area contributed by atoms with Gasteiger partial charge in [0, 0.05) is 35.5 Å². The maximum Gasteiger partial charge on any atom is 0.252 e. The highest BCUT2D eigenvalue weighted by atomic mass is 79.9. The molecule has 1 saturated carbocycles. The number of nitrogens with one attached hydrogen (secondary N) is 1. The first-order valence-corrected chi connectivity index (χ1v) is 12.6. The molecular weight excluding hydrogens is 500 g/mol. The lowest BCUT2D eigenvalue weighted by atomic mass is 9.89. The van der Waals surface area contributed by atoms with E-state index >= 15 is 0 Å². The number of aliphatic hydroxyl groups is 2. The lowest BCUT2D eigenvalue weighted by molar-refractivity contribution is -0.127. The summed E-state index contributed by atoms with van der Waals surface area (Å²) in [6, 6.07) is 15.3. The highest BCUT2D eigenvalue weighted by Crippen LogP contribution is 2.31. The molecule has 0 spiro atoms. The smallest absolute Gasteiger partial charge is 0.252 e. The van der Waals surface area contributed by atoms with Crippen LogP contribution in [0.5, 0.6) is 5.75 Å². The normalized spacial score (nSPS) is 24.3. The van der Waals surface area contributed by atoms with Gasteiger partial charge in [0.1, 0.15) is 12.4 Å². The number of hydrogen-bond acceptors (Lipinski definition) is 6. The summed E-state index contributed by atoms with van der Waals surface area (Å²) in [5.41, 5.74) is 0.681. The van der Waals surface area contributed by atoms with E-state index in [1.807, 2.05) is 48.5 Å². The Balaban J connectivity index is 1.55. The Labute approximate surface area is 208 Å². The maximum absolute atomic E-state index is 13.6. The van der Waals surface area contributed by atoms with Gasteiger partial charge in [-0.05, 0) is 61.6 Å². The van der Waals surface area contributed by atoms with Crippen molar-refractivity contribution in [3.05, 3.63) is 64.1 Å². The maximum atomic E-state index is 13.6. The standard InChI is InChI=1S/C26H31BrN2O5/c27-23-5-2-1-4-19(23)16-26(25(32)28-20-8-10-21(31)11-9-20)17-34-24(29-26)18-6-12-22(13-7-18)33-15-3-14-30/h1-2,4-7,12-13,20-21,30-31H,3,8-11,14-17H2,(H,28,32)/t20?,21?,26-/m1/s1. The minimum absolute atomic E-state index is 0.0293. The minimum Gasteiger partial charge on any atom is -0.494 e. The van der Waals surface area contributed by atoms with Gasteiger partial charge in [-0.15, -0.1) is 0 Å². The predicted molar refractivity (Wildman–Crippen MR) is 133 cm³/mol. The number of benzene rings is 2. The molecule has 0 unspecified atom stereocenters. The molecule has 1 fully saturated rings. The summed E-state index contributed by atoms with van der Waals surface area (Å²) in [5.74, 6) is 0.985. The summed E-state index contributed by atoms with van der Waals surface area (Å²) in [4.78, 5) is 18.4. The van der Waals surface area contributed by atoms with Gasteiger partial charge in [-0.3, -0.25) is 4.79 Å². The van der Waals surface area contributed by atoms with Gasteiger partial charge in [0.05, 0.1) is 12.7 Å².